The summed E-state index contributed by atoms with van der Waals surface area (Å²) in [5.41, 5.74) is 6.20. The van der Waals surface area contributed by atoms with Gasteiger partial charge in [0.05, 0.1) is 4.90 Å². The third-order valence-corrected chi connectivity index (χ3v) is 5.65. The predicted octanol–water partition coefficient (Wildman–Crippen LogP) is 2.71. The lowest BCUT2D eigenvalue weighted by atomic mass is 9.97. The topological polar surface area (TPSA) is 72.2 Å². The Labute approximate surface area is 132 Å². The van der Waals surface area contributed by atoms with E-state index in [2.05, 4.69) is 4.72 Å². The molecule has 0 atom stereocenters. The van der Waals surface area contributed by atoms with Crippen molar-refractivity contribution in [2.75, 3.05) is 0 Å². The van der Waals surface area contributed by atoms with E-state index in [0.717, 1.165) is 25.7 Å². The van der Waals surface area contributed by atoms with Crippen LogP contribution in [0.4, 0.5) is 0 Å². The molecule has 0 saturated heterocycles. The average Bonchev–Trinajstić information content (AvgIpc) is 2.42. The molecule has 1 aromatic carbocycles. The van der Waals surface area contributed by atoms with Crippen molar-refractivity contribution in [3.8, 4) is 0 Å². The SMILES string of the molecule is NC(=S)c1ccc(S(=O)(=O)NC2CCCCCCC2)cc1. The van der Waals surface area contributed by atoms with Gasteiger partial charge in [0, 0.05) is 11.6 Å². The lowest BCUT2D eigenvalue weighted by Gasteiger charge is -2.21. The minimum absolute atomic E-state index is 0.0468. The van der Waals surface area contributed by atoms with E-state index in [4.69, 9.17) is 18.0 Å². The van der Waals surface area contributed by atoms with E-state index in [9.17, 15) is 8.42 Å². The molecule has 0 bridgehead atoms. The summed E-state index contributed by atoms with van der Waals surface area (Å²) < 4.78 is 27.6. The summed E-state index contributed by atoms with van der Waals surface area (Å²) in [5.74, 6) is 0. The Kier molecular flexibility index (Phi) is 5.72. The van der Waals surface area contributed by atoms with Gasteiger partial charge in [0.2, 0.25) is 10.0 Å². The van der Waals surface area contributed by atoms with Gasteiger partial charge in [0.15, 0.2) is 0 Å². The molecule has 1 aliphatic rings. The zero-order chi connectivity index (χ0) is 15.3. The zero-order valence-corrected chi connectivity index (χ0v) is 13.7. The number of benzene rings is 1. The maximum atomic E-state index is 12.4. The highest BCUT2D eigenvalue weighted by molar-refractivity contribution is 7.89. The van der Waals surface area contributed by atoms with Crippen LogP contribution in [0, 0.1) is 0 Å². The summed E-state index contributed by atoms with van der Waals surface area (Å²) in [5, 5.41) is 0. The van der Waals surface area contributed by atoms with E-state index >= 15 is 0 Å². The van der Waals surface area contributed by atoms with Crippen LogP contribution in [0.5, 0.6) is 0 Å². The number of hydrogen-bond acceptors (Lipinski definition) is 3. The van der Waals surface area contributed by atoms with E-state index < -0.39 is 10.0 Å². The van der Waals surface area contributed by atoms with Crippen LogP contribution in [0.2, 0.25) is 0 Å². The maximum Gasteiger partial charge on any atom is 0.240 e. The van der Waals surface area contributed by atoms with Crippen molar-refractivity contribution in [2.24, 2.45) is 5.73 Å². The molecule has 0 amide bonds. The minimum atomic E-state index is -3.46. The summed E-state index contributed by atoms with van der Waals surface area (Å²) in [6.07, 6.45) is 7.68. The molecule has 0 aliphatic heterocycles. The first-order valence-corrected chi connectivity index (χ1v) is 9.30. The Hall–Kier alpha value is -0.980. The summed E-state index contributed by atoms with van der Waals surface area (Å²) >= 11 is 4.87. The van der Waals surface area contributed by atoms with Crippen molar-refractivity contribution in [1.29, 1.82) is 0 Å². The van der Waals surface area contributed by atoms with E-state index in [1.54, 1.807) is 24.3 Å². The monoisotopic (exact) mass is 326 g/mol. The fraction of sp³-hybridized carbons (Fsp3) is 0.533. The van der Waals surface area contributed by atoms with Crippen molar-refractivity contribution in [3.05, 3.63) is 29.8 Å². The third-order valence-electron chi connectivity index (χ3n) is 3.88. The molecule has 1 aliphatic carbocycles. The van der Waals surface area contributed by atoms with Gasteiger partial charge in [0.1, 0.15) is 4.99 Å². The van der Waals surface area contributed by atoms with Gasteiger partial charge in [-0.2, -0.15) is 0 Å². The third kappa shape index (κ3) is 4.76. The van der Waals surface area contributed by atoms with Crippen molar-refractivity contribution in [1.82, 2.24) is 4.72 Å². The first-order valence-electron chi connectivity index (χ1n) is 7.41. The van der Waals surface area contributed by atoms with Crippen molar-refractivity contribution >= 4 is 27.2 Å². The summed E-state index contributed by atoms with van der Waals surface area (Å²) in [6.45, 7) is 0. The molecule has 0 unspecified atom stereocenters. The Morgan fingerprint density at radius 3 is 2.10 bits per heavy atom. The summed E-state index contributed by atoms with van der Waals surface area (Å²) in [6, 6.07) is 6.45. The van der Waals surface area contributed by atoms with Gasteiger partial charge in [-0.1, -0.05) is 56.5 Å². The minimum Gasteiger partial charge on any atom is -0.389 e. The number of nitrogens with one attached hydrogen (secondary N) is 1. The van der Waals surface area contributed by atoms with Crippen LogP contribution >= 0.6 is 12.2 Å². The lowest BCUT2D eigenvalue weighted by molar-refractivity contribution is 0.426. The van der Waals surface area contributed by atoms with Crippen LogP contribution in [0.1, 0.15) is 50.5 Å². The standard InChI is InChI=1S/C15H22N2O2S2/c16-15(20)12-8-10-14(11-9-12)21(18,19)17-13-6-4-2-1-3-5-7-13/h8-11,13,17H,1-7H2,(H2,16,20). The molecule has 0 aromatic heterocycles. The summed E-state index contributed by atoms with van der Waals surface area (Å²) in [7, 11) is -3.46. The number of hydrogen-bond donors (Lipinski definition) is 2. The van der Waals surface area contributed by atoms with Gasteiger partial charge in [-0.3, -0.25) is 0 Å². The first-order chi connectivity index (χ1) is 9.99. The van der Waals surface area contributed by atoms with Gasteiger partial charge in [-0.05, 0) is 25.0 Å². The van der Waals surface area contributed by atoms with E-state index in [0.29, 0.717) is 5.56 Å². The largest absolute Gasteiger partial charge is 0.389 e. The fourth-order valence-electron chi connectivity index (χ4n) is 2.66. The molecular weight excluding hydrogens is 304 g/mol. The Morgan fingerprint density at radius 2 is 1.57 bits per heavy atom. The second-order valence-corrected chi connectivity index (χ2v) is 7.71. The second-order valence-electron chi connectivity index (χ2n) is 5.55. The average molecular weight is 326 g/mol. The number of nitrogens with two attached hydrogens (primary N) is 1. The molecule has 3 N–H and O–H groups in total. The fourth-order valence-corrected chi connectivity index (χ4v) is 4.10. The van der Waals surface area contributed by atoms with Gasteiger partial charge >= 0.3 is 0 Å². The van der Waals surface area contributed by atoms with Gasteiger partial charge < -0.3 is 5.73 Å². The Morgan fingerprint density at radius 1 is 1.05 bits per heavy atom. The van der Waals surface area contributed by atoms with Crippen molar-refractivity contribution in [2.45, 2.75) is 55.9 Å². The normalized spacial score (nSPS) is 17.9. The zero-order valence-electron chi connectivity index (χ0n) is 12.0. The Balaban J connectivity index is 2.07. The van der Waals surface area contributed by atoms with E-state index in [1.807, 2.05) is 0 Å². The van der Waals surface area contributed by atoms with Gasteiger partial charge in [-0.25, -0.2) is 13.1 Å². The molecule has 6 heteroatoms. The molecule has 116 valence electrons. The molecular formula is C15H22N2O2S2. The molecule has 4 nitrogen and oxygen atoms in total. The van der Waals surface area contributed by atoms with Crippen LogP contribution in [-0.4, -0.2) is 19.4 Å². The lowest BCUT2D eigenvalue weighted by Crippen LogP contribution is -2.35. The molecule has 0 heterocycles. The van der Waals surface area contributed by atoms with Crippen molar-refractivity contribution < 1.29 is 8.42 Å². The molecule has 1 saturated carbocycles. The maximum absolute atomic E-state index is 12.4. The molecule has 1 aromatic rings. The smallest absolute Gasteiger partial charge is 0.240 e. The van der Waals surface area contributed by atoms with Gasteiger partial charge in [0.25, 0.3) is 0 Å². The van der Waals surface area contributed by atoms with E-state index in [1.165, 1.54) is 19.3 Å². The molecule has 1 fully saturated rings. The predicted molar refractivity (Wildman–Crippen MR) is 88.8 cm³/mol. The molecule has 0 spiro atoms. The van der Waals surface area contributed by atoms with E-state index in [-0.39, 0.29) is 15.9 Å². The van der Waals surface area contributed by atoms with Gasteiger partial charge in [-0.15, -0.1) is 0 Å². The highest BCUT2D eigenvalue weighted by Gasteiger charge is 2.20. The number of thiocarbonyl (C=S) groups is 1. The second kappa shape index (κ2) is 7.33. The number of rotatable bonds is 4. The first kappa shape index (κ1) is 16.4. The summed E-state index contributed by atoms with van der Waals surface area (Å²) in [4.78, 5) is 0.538. The molecule has 2 rings (SSSR count). The molecule has 21 heavy (non-hydrogen) atoms. The number of sulfonamides is 1. The highest BCUT2D eigenvalue weighted by atomic mass is 32.2. The van der Waals surface area contributed by atoms with Crippen LogP contribution in [0.25, 0.3) is 0 Å². The highest BCUT2D eigenvalue weighted by Crippen LogP contribution is 2.19. The quantitative estimate of drug-likeness (QED) is 0.835. The van der Waals surface area contributed by atoms with Crippen LogP contribution < -0.4 is 10.5 Å². The molecule has 0 radical (unpaired) electrons. The van der Waals surface area contributed by atoms with Crippen LogP contribution in [0.3, 0.4) is 0 Å². The van der Waals surface area contributed by atoms with Crippen LogP contribution in [0.15, 0.2) is 29.2 Å². The van der Waals surface area contributed by atoms with Crippen molar-refractivity contribution in [3.63, 3.8) is 0 Å². The Bertz CT molecular complexity index is 574. The van der Waals surface area contributed by atoms with Crippen LogP contribution in [-0.2, 0) is 10.0 Å².